The van der Waals surface area contributed by atoms with Gasteiger partial charge in [0, 0.05) is 16.5 Å². The van der Waals surface area contributed by atoms with Gasteiger partial charge in [-0.2, -0.15) is 0 Å². The first-order valence-electron chi connectivity index (χ1n) is 7.08. The number of rotatable bonds is 3. The summed E-state index contributed by atoms with van der Waals surface area (Å²) in [4.78, 5) is 13.5. The molecule has 5 nitrogen and oxygen atoms in total. The first-order chi connectivity index (χ1) is 9.54. The lowest BCUT2D eigenvalue weighted by Gasteiger charge is -2.18. The zero-order chi connectivity index (χ0) is 14.3. The Morgan fingerprint density at radius 3 is 2.95 bits per heavy atom. The van der Waals surface area contributed by atoms with Crippen LogP contribution in [0.15, 0.2) is 9.21 Å². The Hall–Kier alpha value is -1.43. The molecular weight excluding hydrogens is 274 g/mol. The fraction of sp³-hybridized carbons (Fsp3) is 0.643. The van der Waals surface area contributed by atoms with Crippen LogP contribution in [0.5, 0.6) is 0 Å². The van der Waals surface area contributed by atoms with Gasteiger partial charge in [0.2, 0.25) is 11.8 Å². The van der Waals surface area contributed by atoms with Crippen molar-refractivity contribution in [1.82, 2.24) is 14.8 Å². The van der Waals surface area contributed by atoms with Gasteiger partial charge >= 0.3 is 4.87 Å². The molecule has 20 heavy (non-hydrogen) atoms. The second-order valence-electron chi connectivity index (χ2n) is 5.86. The fourth-order valence-electron chi connectivity index (χ4n) is 2.57. The Morgan fingerprint density at radius 1 is 1.45 bits per heavy atom. The Kier molecular flexibility index (Phi) is 3.50. The molecule has 0 saturated carbocycles. The molecule has 2 aromatic heterocycles. The summed E-state index contributed by atoms with van der Waals surface area (Å²) in [6.45, 7) is 6.66. The third-order valence-electron chi connectivity index (χ3n) is 3.76. The van der Waals surface area contributed by atoms with Crippen LogP contribution >= 0.6 is 11.3 Å². The van der Waals surface area contributed by atoms with E-state index in [1.807, 2.05) is 18.4 Å². The second-order valence-corrected chi connectivity index (χ2v) is 6.91. The van der Waals surface area contributed by atoms with Crippen LogP contribution in [0.25, 0.3) is 0 Å². The van der Waals surface area contributed by atoms with Crippen molar-refractivity contribution in [3.8, 4) is 0 Å². The second kappa shape index (κ2) is 5.16. The summed E-state index contributed by atoms with van der Waals surface area (Å²) < 4.78 is 7.42. The van der Waals surface area contributed by atoms with Gasteiger partial charge in [-0.15, -0.1) is 10.2 Å². The maximum Gasteiger partial charge on any atom is 0.308 e. The van der Waals surface area contributed by atoms with Gasteiger partial charge in [0.1, 0.15) is 6.54 Å². The van der Waals surface area contributed by atoms with Crippen LogP contribution in [0.2, 0.25) is 0 Å². The molecule has 0 bridgehead atoms. The van der Waals surface area contributed by atoms with E-state index in [1.54, 1.807) is 0 Å². The van der Waals surface area contributed by atoms with Crippen LogP contribution in [0.4, 0.5) is 0 Å². The molecule has 0 aliphatic heterocycles. The Morgan fingerprint density at radius 2 is 2.25 bits per heavy atom. The van der Waals surface area contributed by atoms with Crippen LogP contribution in [0, 0.1) is 5.92 Å². The lowest BCUT2D eigenvalue weighted by atomic mass is 9.93. The van der Waals surface area contributed by atoms with Gasteiger partial charge in [0.05, 0.1) is 0 Å². The van der Waals surface area contributed by atoms with Crippen molar-refractivity contribution < 1.29 is 4.42 Å². The maximum atomic E-state index is 12.1. The normalized spacial score (nSPS) is 18.5. The number of thiazole rings is 1. The summed E-state index contributed by atoms with van der Waals surface area (Å²) >= 11 is 1.37. The van der Waals surface area contributed by atoms with E-state index in [0.29, 0.717) is 24.2 Å². The van der Waals surface area contributed by atoms with Crippen molar-refractivity contribution in [3.63, 3.8) is 0 Å². The molecule has 0 fully saturated rings. The maximum absolute atomic E-state index is 12.1. The largest absolute Gasteiger partial charge is 0.423 e. The monoisotopic (exact) mass is 293 g/mol. The lowest BCUT2D eigenvalue weighted by molar-refractivity contribution is 0.415. The van der Waals surface area contributed by atoms with Gasteiger partial charge < -0.3 is 4.42 Å². The SMILES string of the molecule is CC1CCc2c(sc(=O)n2Cc2nnc(C(C)C)o2)C1. The molecule has 1 aliphatic carbocycles. The average Bonchev–Trinajstić information content (AvgIpc) is 2.96. The van der Waals surface area contributed by atoms with E-state index in [0.717, 1.165) is 19.3 Å². The van der Waals surface area contributed by atoms with E-state index in [4.69, 9.17) is 4.42 Å². The summed E-state index contributed by atoms with van der Waals surface area (Å²) in [5.41, 5.74) is 1.17. The Balaban J connectivity index is 1.89. The minimum atomic E-state index is 0.0911. The highest BCUT2D eigenvalue weighted by Gasteiger charge is 2.23. The quantitative estimate of drug-likeness (QED) is 0.872. The minimum absolute atomic E-state index is 0.0911. The van der Waals surface area contributed by atoms with Crippen molar-refractivity contribution >= 4 is 11.3 Å². The molecule has 2 heterocycles. The smallest absolute Gasteiger partial charge is 0.308 e. The first-order valence-corrected chi connectivity index (χ1v) is 7.90. The molecule has 0 aromatic carbocycles. The van der Waals surface area contributed by atoms with Crippen molar-refractivity contribution in [2.24, 2.45) is 5.92 Å². The van der Waals surface area contributed by atoms with E-state index < -0.39 is 0 Å². The molecule has 3 rings (SSSR count). The molecule has 0 spiro atoms. The number of nitrogens with zero attached hydrogens (tertiary/aromatic N) is 3. The molecule has 2 aromatic rings. The van der Waals surface area contributed by atoms with Gasteiger partial charge in [0.15, 0.2) is 0 Å². The summed E-state index contributed by atoms with van der Waals surface area (Å²) in [6.07, 6.45) is 3.13. The van der Waals surface area contributed by atoms with E-state index >= 15 is 0 Å². The van der Waals surface area contributed by atoms with E-state index in [1.165, 1.54) is 21.9 Å². The third-order valence-corrected chi connectivity index (χ3v) is 4.80. The van der Waals surface area contributed by atoms with Crippen LogP contribution in [-0.4, -0.2) is 14.8 Å². The number of aromatic nitrogens is 3. The molecule has 0 N–H and O–H groups in total. The number of hydrogen-bond acceptors (Lipinski definition) is 5. The van der Waals surface area contributed by atoms with Gasteiger partial charge in [-0.05, 0) is 25.2 Å². The molecule has 6 heteroatoms. The van der Waals surface area contributed by atoms with Crippen LogP contribution in [-0.2, 0) is 19.4 Å². The van der Waals surface area contributed by atoms with E-state index in [9.17, 15) is 4.79 Å². The molecule has 0 saturated heterocycles. The molecule has 1 atom stereocenters. The predicted octanol–water partition coefficient (Wildman–Crippen LogP) is 2.59. The summed E-state index contributed by atoms with van der Waals surface area (Å²) in [5, 5.41) is 8.07. The van der Waals surface area contributed by atoms with Crippen molar-refractivity contribution in [2.75, 3.05) is 0 Å². The lowest BCUT2D eigenvalue weighted by Crippen LogP contribution is -2.19. The molecular formula is C14H19N3O2S. The van der Waals surface area contributed by atoms with Crippen molar-refractivity contribution in [1.29, 1.82) is 0 Å². The highest BCUT2D eigenvalue weighted by atomic mass is 32.1. The summed E-state index contributed by atoms with van der Waals surface area (Å²) in [5.74, 6) is 2.04. The molecule has 108 valence electrons. The standard InChI is InChI=1S/C14H19N3O2S/c1-8(2)13-16-15-12(19-13)7-17-10-5-4-9(3)6-11(10)20-14(17)18/h8-9H,4-7H2,1-3H3. The van der Waals surface area contributed by atoms with Crippen LogP contribution in [0.3, 0.4) is 0 Å². The molecule has 0 radical (unpaired) electrons. The summed E-state index contributed by atoms with van der Waals surface area (Å²) in [7, 11) is 0. The zero-order valence-corrected chi connectivity index (χ0v) is 12.9. The van der Waals surface area contributed by atoms with Gasteiger partial charge in [-0.3, -0.25) is 9.36 Å². The van der Waals surface area contributed by atoms with Crippen LogP contribution in [0.1, 0.15) is 55.5 Å². The molecule has 0 amide bonds. The highest BCUT2D eigenvalue weighted by Crippen LogP contribution is 2.27. The molecule has 1 unspecified atom stereocenters. The Bertz CT molecular complexity index is 668. The number of fused-ring (bicyclic) bond motifs is 1. The number of hydrogen-bond donors (Lipinski definition) is 0. The Labute approximate surface area is 121 Å². The van der Waals surface area contributed by atoms with Gasteiger partial charge in [-0.25, -0.2) is 0 Å². The minimum Gasteiger partial charge on any atom is -0.423 e. The summed E-state index contributed by atoms with van der Waals surface area (Å²) in [6, 6.07) is 0. The molecule has 1 aliphatic rings. The zero-order valence-electron chi connectivity index (χ0n) is 12.0. The third kappa shape index (κ3) is 2.44. The highest BCUT2D eigenvalue weighted by molar-refractivity contribution is 7.09. The van der Waals surface area contributed by atoms with E-state index in [2.05, 4.69) is 17.1 Å². The topological polar surface area (TPSA) is 60.9 Å². The predicted molar refractivity (Wildman–Crippen MR) is 77.3 cm³/mol. The van der Waals surface area contributed by atoms with Crippen molar-refractivity contribution in [3.05, 3.63) is 32.0 Å². The van der Waals surface area contributed by atoms with E-state index in [-0.39, 0.29) is 10.8 Å². The fourth-order valence-corrected chi connectivity index (χ4v) is 3.77. The van der Waals surface area contributed by atoms with Gasteiger partial charge in [0.25, 0.3) is 0 Å². The van der Waals surface area contributed by atoms with Crippen LogP contribution < -0.4 is 4.87 Å². The average molecular weight is 293 g/mol. The van der Waals surface area contributed by atoms with Crippen molar-refractivity contribution in [2.45, 2.75) is 52.5 Å². The first kappa shape index (κ1) is 13.5. The van der Waals surface area contributed by atoms with Gasteiger partial charge in [-0.1, -0.05) is 32.1 Å².